The number of piperidine rings is 1. The summed E-state index contributed by atoms with van der Waals surface area (Å²) in [4.78, 5) is 29.1. The van der Waals surface area contributed by atoms with Gasteiger partial charge >= 0.3 is 5.97 Å². The van der Waals surface area contributed by atoms with Crippen LogP contribution in [0.15, 0.2) is 29.0 Å². The number of nitrogens with zero attached hydrogens (tertiary/aromatic N) is 2. The molecule has 126 valence electrons. The van der Waals surface area contributed by atoms with Crippen molar-refractivity contribution in [2.75, 3.05) is 13.1 Å². The van der Waals surface area contributed by atoms with Gasteiger partial charge in [0.15, 0.2) is 12.1 Å². The minimum Gasteiger partial charge on any atom is -0.507 e. The van der Waals surface area contributed by atoms with Crippen LogP contribution in [-0.4, -0.2) is 45.1 Å². The largest absolute Gasteiger partial charge is 0.507 e. The third-order valence-corrected chi connectivity index (χ3v) is 4.33. The normalized spacial score (nSPS) is 15.5. The van der Waals surface area contributed by atoms with Gasteiger partial charge < -0.3 is 19.5 Å². The Bertz CT molecular complexity index is 775. The van der Waals surface area contributed by atoms with Gasteiger partial charge in [0.2, 0.25) is 0 Å². The van der Waals surface area contributed by atoms with Gasteiger partial charge in [-0.2, -0.15) is 0 Å². The average molecular weight is 330 g/mol. The molecule has 0 aliphatic carbocycles. The number of benzene rings is 1. The van der Waals surface area contributed by atoms with Crippen LogP contribution in [0.4, 0.5) is 0 Å². The van der Waals surface area contributed by atoms with Crippen molar-refractivity contribution in [3.05, 3.63) is 47.2 Å². The predicted molar refractivity (Wildman–Crippen MR) is 84.2 cm³/mol. The SMILES string of the molecule is Cc1ccc(C(=O)N2CCC(c3ocnc3C(=O)O)CC2)c(O)c1. The van der Waals surface area contributed by atoms with Gasteiger partial charge in [0.1, 0.15) is 11.5 Å². The Labute approximate surface area is 138 Å². The monoisotopic (exact) mass is 330 g/mol. The number of aromatic nitrogens is 1. The molecule has 2 aromatic rings. The van der Waals surface area contributed by atoms with Crippen molar-refractivity contribution in [1.82, 2.24) is 9.88 Å². The number of aromatic carboxylic acids is 1. The molecule has 1 saturated heterocycles. The van der Waals surface area contributed by atoms with Gasteiger partial charge in [-0.15, -0.1) is 0 Å². The summed E-state index contributed by atoms with van der Waals surface area (Å²) in [6.07, 6.45) is 2.32. The molecule has 24 heavy (non-hydrogen) atoms. The number of hydrogen-bond donors (Lipinski definition) is 2. The van der Waals surface area contributed by atoms with Crippen LogP contribution in [0.3, 0.4) is 0 Å². The number of aromatic hydroxyl groups is 1. The highest BCUT2D eigenvalue weighted by molar-refractivity contribution is 5.97. The third kappa shape index (κ3) is 2.97. The summed E-state index contributed by atoms with van der Waals surface area (Å²) >= 11 is 0. The third-order valence-electron chi connectivity index (χ3n) is 4.33. The number of hydrogen-bond acceptors (Lipinski definition) is 5. The second-order valence-electron chi connectivity index (χ2n) is 5.96. The topological polar surface area (TPSA) is 104 Å². The van der Waals surface area contributed by atoms with E-state index in [0.29, 0.717) is 31.7 Å². The van der Waals surface area contributed by atoms with Gasteiger partial charge in [0, 0.05) is 19.0 Å². The first-order valence-electron chi connectivity index (χ1n) is 7.73. The lowest BCUT2D eigenvalue weighted by Crippen LogP contribution is -2.38. The number of phenols is 1. The Morgan fingerprint density at radius 3 is 2.62 bits per heavy atom. The molecular formula is C17H18N2O5. The molecule has 2 heterocycles. The minimum absolute atomic E-state index is 0.0227. The number of amides is 1. The van der Waals surface area contributed by atoms with Gasteiger partial charge in [-0.25, -0.2) is 9.78 Å². The Hall–Kier alpha value is -2.83. The van der Waals surface area contributed by atoms with Crippen molar-refractivity contribution in [2.24, 2.45) is 0 Å². The first-order chi connectivity index (χ1) is 11.5. The van der Waals surface area contributed by atoms with Crippen molar-refractivity contribution in [1.29, 1.82) is 0 Å². The lowest BCUT2D eigenvalue weighted by molar-refractivity contribution is 0.0669. The molecule has 0 saturated carbocycles. The first kappa shape index (κ1) is 16.0. The van der Waals surface area contributed by atoms with E-state index in [2.05, 4.69) is 4.98 Å². The van der Waals surface area contributed by atoms with E-state index in [1.54, 1.807) is 23.1 Å². The van der Waals surface area contributed by atoms with Crippen molar-refractivity contribution in [2.45, 2.75) is 25.7 Å². The summed E-state index contributed by atoms with van der Waals surface area (Å²) in [5.74, 6) is -1.06. The molecule has 3 rings (SSSR count). The van der Waals surface area contributed by atoms with E-state index in [1.807, 2.05) is 6.92 Å². The van der Waals surface area contributed by atoms with Crippen molar-refractivity contribution in [3.8, 4) is 5.75 Å². The lowest BCUT2D eigenvalue weighted by Gasteiger charge is -2.31. The van der Waals surface area contributed by atoms with Crippen molar-refractivity contribution in [3.63, 3.8) is 0 Å². The molecule has 0 atom stereocenters. The molecule has 0 unspecified atom stereocenters. The van der Waals surface area contributed by atoms with Crippen LogP contribution >= 0.6 is 0 Å². The summed E-state index contributed by atoms with van der Waals surface area (Å²) in [7, 11) is 0. The van der Waals surface area contributed by atoms with E-state index in [1.165, 1.54) is 0 Å². The van der Waals surface area contributed by atoms with E-state index >= 15 is 0 Å². The summed E-state index contributed by atoms with van der Waals surface area (Å²) in [5.41, 5.74) is 1.11. The number of aryl methyl sites for hydroxylation is 1. The fourth-order valence-corrected chi connectivity index (χ4v) is 3.04. The number of rotatable bonds is 3. The predicted octanol–water partition coefficient (Wildman–Crippen LogP) is 2.41. The van der Waals surface area contributed by atoms with Gasteiger partial charge in [0.25, 0.3) is 5.91 Å². The average Bonchev–Trinajstić information content (AvgIpc) is 3.04. The molecule has 1 aliphatic heterocycles. The quantitative estimate of drug-likeness (QED) is 0.895. The van der Waals surface area contributed by atoms with Gasteiger partial charge in [0.05, 0.1) is 5.56 Å². The fraction of sp³-hybridized carbons (Fsp3) is 0.353. The molecular weight excluding hydrogens is 312 g/mol. The van der Waals surface area contributed by atoms with E-state index in [-0.39, 0.29) is 28.8 Å². The number of likely N-dealkylation sites (tertiary alicyclic amines) is 1. The molecule has 0 radical (unpaired) electrons. The maximum absolute atomic E-state index is 12.5. The summed E-state index contributed by atoms with van der Waals surface area (Å²) in [6.45, 7) is 2.78. The van der Waals surface area contributed by atoms with Crippen LogP contribution in [0.1, 0.15) is 50.9 Å². The van der Waals surface area contributed by atoms with Crippen LogP contribution in [0.25, 0.3) is 0 Å². The minimum atomic E-state index is -1.11. The Morgan fingerprint density at radius 1 is 1.29 bits per heavy atom. The number of oxazole rings is 1. The zero-order valence-corrected chi connectivity index (χ0v) is 13.2. The molecule has 0 bridgehead atoms. The van der Waals surface area contributed by atoms with E-state index < -0.39 is 5.97 Å². The maximum atomic E-state index is 12.5. The first-order valence-corrected chi connectivity index (χ1v) is 7.73. The highest BCUT2D eigenvalue weighted by Crippen LogP contribution is 2.31. The van der Waals surface area contributed by atoms with Gasteiger partial charge in [-0.1, -0.05) is 6.07 Å². The fourth-order valence-electron chi connectivity index (χ4n) is 3.04. The number of carboxylic acids is 1. The van der Waals surface area contributed by atoms with E-state index in [4.69, 9.17) is 9.52 Å². The number of carboxylic acid groups (broad SMARTS) is 1. The molecule has 7 nitrogen and oxygen atoms in total. The summed E-state index contributed by atoms with van der Waals surface area (Å²) in [5, 5.41) is 19.1. The van der Waals surface area contributed by atoms with Crippen LogP contribution in [0, 0.1) is 6.92 Å². The van der Waals surface area contributed by atoms with Crippen LogP contribution in [0.5, 0.6) is 5.75 Å². The van der Waals surface area contributed by atoms with Gasteiger partial charge in [-0.3, -0.25) is 4.79 Å². The molecule has 1 aromatic heterocycles. The summed E-state index contributed by atoms with van der Waals surface area (Å²) in [6, 6.07) is 4.97. The highest BCUT2D eigenvalue weighted by atomic mass is 16.4. The molecule has 2 N–H and O–H groups in total. The summed E-state index contributed by atoms with van der Waals surface area (Å²) < 4.78 is 5.24. The van der Waals surface area contributed by atoms with E-state index in [0.717, 1.165) is 12.0 Å². The van der Waals surface area contributed by atoms with Gasteiger partial charge in [-0.05, 0) is 37.5 Å². The lowest BCUT2D eigenvalue weighted by atomic mass is 9.92. The molecule has 1 fully saturated rings. The molecule has 7 heteroatoms. The van der Waals surface area contributed by atoms with Crippen molar-refractivity contribution >= 4 is 11.9 Å². The van der Waals surface area contributed by atoms with E-state index in [9.17, 15) is 14.7 Å². The molecule has 1 amide bonds. The number of carbonyl (C=O) groups excluding carboxylic acids is 1. The Morgan fingerprint density at radius 2 is 2.00 bits per heavy atom. The molecule has 1 aliphatic rings. The smallest absolute Gasteiger partial charge is 0.358 e. The number of phenolic OH excluding ortho intramolecular Hbond substituents is 1. The number of carbonyl (C=O) groups is 2. The van der Waals surface area contributed by atoms with Crippen LogP contribution in [-0.2, 0) is 0 Å². The highest BCUT2D eigenvalue weighted by Gasteiger charge is 2.30. The second kappa shape index (κ2) is 6.35. The zero-order valence-electron chi connectivity index (χ0n) is 13.2. The zero-order chi connectivity index (χ0) is 17.3. The molecule has 0 spiro atoms. The van der Waals surface area contributed by atoms with Crippen LogP contribution < -0.4 is 0 Å². The maximum Gasteiger partial charge on any atom is 0.358 e. The molecule has 1 aromatic carbocycles. The van der Waals surface area contributed by atoms with Crippen LogP contribution in [0.2, 0.25) is 0 Å². The van der Waals surface area contributed by atoms with Crippen molar-refractivity contribution < 1.29 is 24.2 Å². The standard InChI is InChI=1S/C17H18N2O5/c1-10-2-3-12(13(20)8-10)16(21)19-6-4-11(5-7-19)15-14(17(22)23)18-9-24-15/h2-3,8-9,11,20H,4-7H2,1H3,(H,22,23). The Kier molecular flexibility index (Phi) is 4.24. The Balaban J connectivity index is 1.69. The second-order valence-corrected chi connectivity index (χ2v) is 5.96.